The van der Waals surface area contributed by atoms with E-state index >= 15 is 0 Å². The van der Waals surface area contributed by atoms with E-state index in [-0.39, 0.29) is 34.8 Å². The van der Waals surface area contributed by atoms with Crippen LogP contribution in [0.5, 0.6) is 0 Å². The van der Waals surface area contributed by atoms with Crippen LogP contribution < -0.4 is 10.2 Å². The number of aromatic nitrogens is 1. The average molecular weight is 443 g/mol. The lowest BCUT2D eigenvalue weighted by molar-refractivity contribution is -0.0328. The number of hydrogen-bond donors (Lipinski definition) is 1. The number of carbonyl (C=O) groups is 1. The van der Waals surface area contributed by atoms with E-state index in [4.69, 9.17) is 11.6 Å². The lowest BCUT2D eigenvalue weighted by Gasteiger charge is -2.41. The van der Waals surface area contributed by atoms with Gasteiger partial charge in [-0.1, -0.05) is 11.6 Å². The summed E-state index contributed by atoms with van der Waals surface area (Å²) in [5, 5.41) is 3.39. The maximum Gasteiger partial charge on any atom is 0.446 e. The van der Waals surface area contributed by atoms with Gasteiger partial charge in [-0.05, 0) is 61.0 Å². The Kier molecular flexibility index (Phi) is 5.52. The van der Waals surface area contributed by atoms with E-state index in [2.05, 4.69) is 15.2 Å². The molecule has 0 spiro atoms. The number of fused-ring (bicyclic) bond motifs is 2. The number of nitrogens with one attached hydrogen (secondary N) is 1. The second-order valence-electron chi connectivity index (χ2n) is 7.01. The number of urea groups is 1. The molecule has 1 N–H and O–H groups in total. The fourth-order valence-electron chi connectivity index (χ4n) is 3.95. The molecular formula is C19H18ClF3N4OS. The molecule has 2 saturated heterocycles. The highest BCUT2D eigenvalue weighted by molar-refractivity contribution is 8.00. The molecule has 2 unspecified atom stereocenters. The van der Waals surface area contributed by atoms with Crippen molar-refractivity contribution in [2.45, 2.75) is 35.3 Å². The van der Waals surface area contributed by atoms with Gasteiger partial charge in [0.25, 0.3) is 0 Å². The third kappa shape index (κ3) is 4.56. The van der Waals surface area contributed by atoms with Crippen LogP contribution >= 0.6 is 23.4 Å². The molecule has 10 heteroatoms. The Bertz CT molecular complexity index is 882. The molecule has 2 fully saturated rings. The maximum absolute atomic E-state index is 12.8. The van der Waals surface area contributed by atoms with E-state index in [1.165, 1.54) is 24.3 Å². The number of hydrogen-bond acceptors (Lipinski definition) is 4. The molecule has 0 aliphatic carbocycles. The fourth-order valence-corrected chi connectivity index (χ4v) is 4.73. The largest absolute Gasteiger partial charge is 0.446 e. The Labute approximate surface area is 175 Å². The summed E-state index contributed by atoms with van der Waals surface area (Å²) in [7, 11) is 0. The van der Waals surface area contributed by atoms with Crippen LogP contribution in [0.2, 0.25) is 5.02 Å². The van der Waals surface area contributed by atoms with Crippen LogP contribution in [0.15, 0.2) is 47.5 Å². The van der Waals surface area contributed by atoms with Gasteiger partial charge < -0.3 is 15.1 Å². The van der Waals surface area contributed by atoms with Crippen LogP contribution in [0, 0.1) is 0 Å². The van der Waals surface area contributed by atoms with Crippen molar-refractivity contribution in [1.82, 2.24) is 9.88 Å². The molecule has 2 aliphatic rings. The Morgan fingerprint density at radius 3 is 2.38 bits per heavy atom. The highest BCUT2D eigenvalue weighted by Gasteiger charge is 2.43. The Balaban J connectivity index is 1.41. The Morgan fingerprint density at radius 1 is 1.14 bits per heavy atom. The van der Waals surface area contributed by atoms with Crippen molar-refractivity contribution in [2.24, 2.45) is 0 Å². The van der Waals surface area contributed by atoms with Crippen molar-refractivity contribution in [3.8, 4) is 0 Å². The third-order valence-electron chi connectivity index (χ3n) is 5.09. The van der Waals surface area contributed by atoms with Crippen molar-refractivity contribution in [1.29, 1.82) is 0 Å². The topological polar surface area (TPSA) is 48.5 Å². The fraction of sp³-hybridized carbons (Fsp3) is 0.368. The zero-order valence-corrected chi connectivity index (χ0v) is 16.8. The minimum absolute atomic E-state index is 0.0341. The summed E-state index contributed by atoms with van der Waals surface area (Å²) in [6, 6.07) is 9.08. The Hall–Kier alpha value is -2.13. The molecule has 4 rings (SSSR count). The van der Waals surface area contributed by atoms with Gasteiger partial charge in [-0.3, -0.25) is 0 Å². The van der Waals surface area contributed by atoms with Gasteiger partial charge in [0, 0.05) is 29.9 Å². The summed E-state index contributed by atoms with van der Waals surface area (Å²) in [4.78, 5) is 21.2. The standard InChI is InChI=1S/C19H18ClF3N4OS/c20-16-2-1-9-24-17(16)26-10-13-5-6-14(11-26)27(13)18(28)25-12-3-7-15(8-4-12)29-19(21,22)23/h1-4,7-9,13-14H,5-6,10-11H2,(H,25,28). The second-order valence-corrected chi connectivity index (χ2v) is 8.55. The van der Waals surface area contributed by atoms with Gasteiger partial charge in [-0.15, -0.1) is 0 Å². The van der Waals surface area contributed by atoms with E-state index in [9.17, 15) is 18.0 Å². The normalized spacial score (nSPS) is 21.4. The van der Waals surface area contributed by atoms with Crippen LogP contribution in [-0.4, -0.2) is 46.6 Å². The van der Waals surface area contributed by atoms with E-state index in [0.29, 0.717) is 23.8 Å². The molecule has 1 aromatic heterocycles. The number of piperazine rings is 1. The van der Waals surface area contributed by atoms with Crippen molar-refractivity contribution in [3.63, 3.8) is 0 Å². The summed E-state index contributed by atoms with van der Waals surface area (Å²) in [6.07, 6.45) is 3.48. The molecule has 2 bridgehead atoms. The van der Waals surface area contributed by atoms with Gasteiger partial charge in [0.05, 0.1) is 17.1 Å². The van der Waals surface area contributed by atoms with Gasteiger partial charge in [-0.25, -0.2) is 9.78 Å². The summed E-state index contributed by atoms with van der Waals surface area (Å²) in [5.74, 6) is 0.726. The molecule has 154 valence electrons. The zero-order valence-electron chi connectivity index (χ0n) is 15.2. The van der Waals surface area contributed by atoms with Gasteiger partial charge in [0.15, 0.2) is 0 Å². The number of alkyl halides is 3. The molecule has 2 aromatic rings. The average Bonchev–Trinajstić information content (AvgIpc) is 2.93. The molecule has 2 atom stereocenters. The molecule has 3 heterocycles. The van der Waals surface area contributed by atoms with Crippen LogP contribution in [0.1, 0.15) is 12.8 Å². The highest BCUT2D eigenvalue weighted by atomic mass is 35.5. The van der Waals surface area contributed by atoms with Gasteiger partial charge >= 0.3 is 11.5 Å². The van der Waals surface area contributed by atoms with Crippen LogP contribution in [0.4, 0.5) is 29.5 Å². The minimum atomic E-state index is -4.33. The summed E-state index contributed by atoms with van der Waals surface area (Å²) in [6.45, 7) is 1.28. The molecule has 1 aromatic carbocycles. The molecule has 0 saturated carbocycles. The number of amides is 2. The maximum atomic E-state index is 12.8. The number of benzene rings is 1. The van der Waals surface area contributed by atoms with Crippen molar-refractivity contribution < 1.29 is 18.0 Å². The van der Waals surface area contributed by atoms with Crippen molar-refractivity contribution >= 4 is 40.9 Å². The molecule has 2 amide bonds. The van der Waals surface area contributed by atoms with E-state index in [1.54, 1.807) is 18.3 Å². The second kappa shape index (κ2) is 7.95. The van der Waals surface area contributed by atoms with E-state index in [1.807, 2.05) is 4.90 Å². The highest BCUT2D eigenvalue weighted by Crippen LogP contribution is 2.37. The minimum Gasteiger partial charge on any atom is -0.351 e. The molecule has 5 nitrogen and oxygen atoms in total. The van der Waals surface area contributed by atoms with Gasteiger partial charge in [-0.2, -0.15) is 13.2 Å². The summed E-state index contributed by atoms with van der Waals surface area (Å²) < 4.78 is 37.3. The molecule has 29 heavy (non-hydrogen) atoms. The van der Waals surface area contributed by atoms with Crippen molar-refractivity contribution in [3.05, 3.63) is 47.6 Å². The number of halogens is 4. The third-order valence-corrected chi connectivity index (χ3v) is 6.13. The number of rotatable bonds is 3. The molecule has 0 radical (unpaired) electrons. The first-order valence-corrected chi connectivity index (χ1v) is 10.3. The van der Waals surface area contributed by atoms with Crippen LogP contribution in [-0.2, 0) is 0 Å². The molecular weight excluding hydrogens is 425 g/mol. The first-order chi connectivity index (χ1) is 13.8. The van der Waals surface area contributed by atoms with Crippen LogP contribution in [0.25, 0.3) is 0 Å². The lowest BCUT2D eigenvalue weighted by Crippen LogP contribution is -2.57. The predicted octanol–water partition coefficient (Wildman–Crippen LogP) is 5.23. The first-order valence-electron chi connectivity index (χ1n) is 9.11. The van der Waals surface area contributed by atoms with Gasteiger partial charge in [0.1, 0.15) is 5.82 Å². The predicted molar refractivity (Wildman–Crippen MR) is 107 cm³/mol. The summed E-state index contributed by atoms with van der Waals surface area (Å²) >= 11 is 6.08. The van der Waals surface area contributed by atoms with E-state index in [0.717, 1.165) is 18.7 Å². The number of thioether (sulfide) groups is 1. The van der Waals surface area contributed by atoms with Crippen molar-refractivity contribution in [2.75, 3.05) is 23.3 Å². The number of pyridine rings is 1. The quantitative estimate of drug-likeness (QED) is 0.661. The SMILES string of the molecule is O=C(Nc1ccc(SC(F)(F)F)cc1)N1C2CCC1CN(c1ncccc1Cl)C2. The van der Waals surface area contributed by atoms with Gasteiger partial charge in [0.2, 0.25) is 0 Å². The molecule has 2 aliphatic heterocycles. The number of anilines is 2. The smallest absolute Gasteiger partial charge is 0.351 e. The summed E-state index contributed by atoms with van der Waals surface area (Å²) in [5.41, 5.74) is -3.86. The number of carbonyl (C=O) groups excluding carboxylic acids is 1. The number of nitrogens with zero attached hydrogens (tertiary/aromatic N) is 3. The van der Waals surface area contributed by atoms with Crippen LogP contribution in [0.3, 0.4) is 0 Å². The van der Waals surface area contributed by atoms with E-state index < -0.39 is 5.51 Å². The zero-order chi connectivity index (χ0) is 20.6. The first kappa shape index (κ1) is 20.2. The lowest BCUT2D eigenvalue weighted by atomic mass is 10.2. The Morgan fingerprint density at radius 2 is 1.79 bits per heavy atom. The monoisotopic (exact) mass is 442 g/mol.